The number of likely N-dealkylation sites (tertiary alicyclic amines) is 1. The summed E-state index contributed by atoms with van der Waals surface area (Å²) in [6.07, 6.45) is 4.84. The highest BCUT2D eigenvalue weighted by atomic mass is 16.2. The molecular weight excluding hydrogens is 286 g/mol. The van der Waals surface area contributed by atoms with E-state index in [-0.39, 0.29) is 12.1 Å². The molecule has 4 nitrogen and oxygen atoms in total. The molecule has 0 radical (unpaired) electrons. The van der Waals surface area contributed by atoms with Crippen molar-refractivity contribution >= 4 is 6.03 Å². The van der Waals surface area contributed by atoms with Crippen molar-refractivity contribution in [2.45, 2.75) is 45.6 Å². The molecule has 1 aliphatic rings. The van der Waals surface area contributed by atoms with Gasteiger partial charge in [0, 0.05) is 13.1 Å². The van der Waals surface area contributed by atoms with Gasteiger partial charge in [0.2, 0.25) is 0 Å². The lowest BCUT2D eigenvalue weighted by Gasteiger charge is -2.35. The first-order valence-electron chi connectivity index (χ1n) is 8.97. The second-order valence-corrected chi connectivity index (χ2v) is 6.84. The number of hydrogen-bond acceptors (Lipinski definition) is 2. The number of hydrogen-bond donors (Lipinski definition) is 2. The number of benzene rings is 1. The van der Waals surface area contributed by atoms with Crippen molar-refractivity contribution in [2.24, 2.45) is 5.92 Å². The van der Waals surface area contributed by atoms with E-state index in [4.69, 9.17) is 0 Å². The van der Waals surface area contributed by atoms with Crippen LogP contribution in [0.1, 0.15) is 51.1 Å². The highest BCUT2D eigenvalue weighted by Gasteiger charge is 2.22. The van der Waals surface area contributed by atoms with Gasteiger partial charge in [-0.2, -0.15) is 0 Å². The van der Waals surface area contributed by atoms with Gasteiger partial charge in [-0.3, -0.25) is 4.90 Å². The molecule has 4 heteroatoms. The zero-order chi connectivity index (χ0) is 16.5. The average Bonchev–Trinajstić information content (AvgIpc) is 2.57. The molecule has 1 aliphatic heterocycles. The molecule has 1 fully saturated rings. The third-order valence-electron chi connectivity index (χ3n) is 4.48. The summed E-state index contributed by atoms with van der Waals surface area (Å²) in [5.74, 6) is 0.612. The molecule has 2 N–H and O–H groups in total. The van der Waals surface area contributed by atoms with Crippen molar-refractivity contribution < 1.29 is 4.79 Å². The van der Waals surface area contributed by atoms with Gasteiger partial charge in [0.1, 0.15) is 0 Å². The van der Waals surface area contributed by atoms with Gasteiger partial charge in [-0.15, -0.1) is 0 Å². The van der Waals surface area contributed by atoms with Crippen molar-refractivity contribution in [2.75, 3.05) is 26.2 Å². The van der Waals surface area contributed by atoms with E-state index >= 15 is 0 Å². The van der Waals surface area contributed by atoms with Crippen molar-refractivity contribution in [3.05, 3.63) is 35.9 Å². The standard InChI is InChI=1S/C19H31N3O/c1-16(2)11-12-20-19(23)21-15-18(17-9-5-3-6-10-17)22-13-7-4-8-14-22/h3,5-6,9-10,16,18H,4,7-8,11-15H2,1-2H3,(H2,20,21,23). The number of rotatable bonds is 7. The predicted octanol–water partition coefficient (Wildman–Crippen LogP) is 3.56. The van der Waals surface area contributed by atoms with Crippen LogP contribution in [-0.2, 0) is 0 Å². The summed E-state index contributed by atoms with van der Waals surface area (Å²) in [5, 5.41) is 6.02. The maximum absolute atomic E-state index is 12.0. The van der Waals surface area contributed by atoms with Gasteiger partial charge in [-0.1, -0.05) is 50.6 Å². The lowest BCUT2D eigenvalue weighted by molar-refractivity contribution is 0.160. The second-order valence-electron chi connectivity index (χ2n) is 6.84. The fourth-order valence-corrected chi connectivity index (χ4v) is 3.09. The van der Waals surface area contributed by atoms with Crippen LogP contribution in [-0.4, -0.2) is 37.1 Å². The Balaban J connectivity index is 1.88. The van der Waals surface area contributed by atoms with Crippen molar-refractivity contribution in [3.63, 3.8) is 0 Å². The summed E-state index contributed by atoms with van der Waals surface area (Å²) in [6.45, 7) is 7.98. The normalized spacial score (nSPS) is 17.0. The molecule has 0 aromatic heterocycles. The quantitative estimate of drug-likeness (QED) is 0.807. The number of urea groups is 1. The molecule has 2 amide bonds. The third kappa shape index (κ3) is 6.22. The largest absolute Gasteiger partial charge is 0.338 e. The Morgan fingerprint density at radius 3 is 2.43 bits per heavy atom. The van der Waals surface area contributed by atoms with Gasteiger partial charge in [-0.25, -0.2) is 4.79 Å². The molecule has 1 saturated heterocycles. The summed E-state index contributed by atoms with van der Waals surface area (Å²) >= 11 is 0. The SMILES string of the molecule is CC(C)CCNC(=O)NCC(c1ccccc1)N1CCCCC1. The summed E-state index contributed by atoms with van der Waals surface area (Å²) in [5.41, 5.74) is 1.29. The Hall–Kier alpha value is -1.55. The number of nitrogens with zero attached hydrogens (tertiary/aromatic N) is 1. The molecule has 0 bridgehead atoms. The summed E-state index contributed by atoms with van der Waals surface area (Å²) < 4.78 is 0. The van der Waals surface area contributed by atoms with E-state index in [0.29, 0.717) is 12.5 Å². The summed E-state index contributed by atoms with van der Waals surface area (Å²) in [6, 6.07) is 10.7. The van der Waals surface area contributed by atoms with Gasteiger partial charge in [0.25, 0.3) is 0 Å². The lowest BCUT2D eigenvalue weighted by atomic mass is 10.0. The molecular formula is C19H31N3O. The minimum atomic E-state index is -0.0522. The van der Waals surface area contributed by atoms with E-state index < -0.39 is 0 Å². The van der Waals surface area contributed by atoms with Crippen molar-refractivity contribution in [1.82, 2.24) is 15.5 Å². The number of carbonyl (C=O) groups excluding carboxylic acids is 1. The van der Waals surface area contributed by atoms with Gasteiger partial charge in [0.05, 0.1) is 6.04 Å². The fraction of sp³-hybridized carbons (Fsp3) is 0.632. The van der Waals surface area contributed by atoms with E-state index in [1.165, 1.54) is 24.8 Å². The second kappa shape index (κ2) is 9.56. The van der Waals surface area contributed by atoms with Crippen LogP contribution in [0.3, 0.4) is 0 Å². The van der Waals surface area contributed by atoms with Crippen LogP contribution in [0.2, 0.25) is 0 Å². The fourth-order valence-electron chi connectivity index (χ4n) is 3.09. The lowest BCUT2D eigenvalue weighted by Crippen LogP contribution is -2.44. The molecule has 1 unspecified atom stereocenters. The van der Waals surface area contributed by atoms with E-state index in [9.17, 15) is 4.79 Å². The minimum Gasteiger partial charge on any atom is -0.338 e. The summed E-state index contributed by atoms with van der Waals surface area (Å²) in [7, 11) is 0. The topological polar surface area (TPSA) is 44.4 Å². The maximum atomic E-state index is 12.0. The minimum absolute atomic E-state index is 0.0522. The molecule has 0 aliphatic carbocycles. The number of nitrogens with one attached hydrogen (secondary N) is 2. The van der Waals surface area contributed by atoms with Crippen molar-refractivity contribution in [3.8, 4) is 0 Å². The Bertz CT molecular complexity index is 455. The smallest absolute Gasteiger partial charge is 0.314 e. The van der Waals surface area contributed by atoms with Crippen LogP contribution in [0.15, 0.2) is 30.3 Å². The van der Waals surface area contributed by atoms with E-state index in [1.54, 1.807) is 0 Å². The number of carbonyl (C=O) groups is 1. The van der Waals surface area contributed by atoms with E-state index in [0.717, 1.165) is 26.1 Å². The molecule has 1 aromatic carbocycles. The Morgan fingerprint density at radius 1 is 1.09 bits per heavy atom. The van der Waals surface area contributed by atoms with Gasteiger partial charge >= 0.3 is 6.03 Å². The third-order valence-corrected chi connectivity index (χ3v) is 4.48. The highest BCUT2D eigenvalue weighted by molar-refractivity contribution is 5.73. The van der Waals surface area contributed by atoms with Crippen LogP contribution in [0, 0.1) is 5.92 Å². The molecule has 0 spiro atoms. The molecule has 128 valence electrons. The zero-order valence-corrected chi connectivity index (χ0v) is 14.6. The molecule has 2 rings (SSSR count). The monoisotopic (exact) mass is 317 g/mol. The predicted molar refractivity (Wildman–Crippen MR) is 95.5 cm³/mol. The van der Waals surface area contributed by atoms with Crippen LogP contribution in [0.4, 0.5) is 4.79 Å². The Kier molecular flexibility index (Phi) is 7.40. The molecule has 1 atom stereocenters. The molecule has 1 heterocycles. The van der Waals surface area contributed by atoms with Crippen molar-refractivity contribution in [1.29, 1.82) is 0 Å². The van der Waals surface area contributed by atoms with Gasteiger partial charge in [-0.05, 0) is 43.8 Å². The van der Waals surface area contributed by atoms with E-state index in [2.05, 4.69) is 53.6 Å². The highest BCUT2D eigenvalue weighted by Crippen LogP contribution is 2.23. The van der Waals surface area contributed by atoms with Gasteiger partial charge < -0.3 is 10.6 Å². The first kappa shape index (κ1) is 17.8. The van der Waals surface area contributed by atoms with Crippen LogP contribution in [0.25, 0.3) is 0 Å². The average molecular weight is 317 g/mol. The Morgan fingerprint density at radius 2 is 1.78 bits per heavy atom. The van der Waals surface area contributed by atoms with Gasteiger partial charge in [0.15, 0.2) is 0 Å². The first-order valence-corrected chi connectivity index (χ1v) is 8.97. The summed E-state index contributed by atoms with van der Waals surface area (Å²) in [4.78, 5) is 14.5. The maximum Gasteiger partial charge on any atom is 0.314 e. The van der Waals surface area contributed by atoms with Crippen LogP contribution < -0.4 is 10.6 Å². The number of piperidine rings is 1. The zero-order valence-electron chi connectivity index (χ0n) is 14.6. The molecule has 1 aromatic rings. The molecule has 0 saturated carbocycles. The molecule has 23 heavy (non-hydrogen) atoms. The first-order chi connectivity index (χ1) is 11.2. The van der Waals surface area contributed by atoms with E-state index in [1.807, 2.05) is 6.07 Å². The Labute approximate surface area is 140 Å². The van der Waals surface area contributed by atoms with Crippen LogP contribution in [0.5, 0.6) is 0 Å². The van der Waals surface area contributed by atoms with Crippen LogP contribution >= 0.6 is 0 Å². The number of amides is 2.